The van der Waals surface area contributed by atoms with Crippen molar-refractivity contribution in [2.75, 3.05) is 5.32 Å². The fraction of sp³-hybridized carbons (Fsp3) is 0.0833. The van der Waals surface area contributed by atoms with Gasteiger partial charge in [0.2, 0.25) is 5.28 Å². The van der Waals surface area contributed by atoms with E-state index in [-0.39, 0.29) is 11.4 Å². The Kier molecular flexibility index (Phi) is 3.77. The zero-order chi connectivity index (χ0) is 14.8. The minimum absolute atomic E-state index is 0.139. The Morgan fingerprint density at radius 3 is 2.55 bits per heavy atom. The maximum Gasteiger partial charge on any atom is 0.433 e. The summed E-state index contributed by atoms with van der Waals surface area (Å²) in [5.41, 5.74) is -0.553. The first-order valence-electron chi connectivity index (χ1n) is 5.28. The van der Waals surface area contributed by atoms with Gasteiger partial charge in [-0.25, -0.2) is 9.97 Å². The molecule has 1 heterocycles. The number of nitrogens with zero attached hydrogens (tertiary/aromatic N) is 3. The third kappa shape index (κ3) is 3.16. The molecule has 0 amide bonds. The van der Waals surface area contributed by atoms with Gasteiger partial charge in [0.25, 0.3) is 0 Å². The van der Waals surface area contributed by atoms with Crippen molar-refractivity contribution in [3.8, 4) is 6.07 Å². The molecule has 2 rings (SSSR count). The van der Waals surface area contributed by atoms with Crippen LogP contribution in [0.3, 0.4) is 0 Å². The highest BCUT2D eigenvalue weighted by Crippen LogP contribution is 2.30. The number of halogens is 4. The van der Waals surface area contributed by atoms with Gasteiger partial charge in [0, 0.05) is 6.07 Å². The van der Waals surface area contributed by atoms with E-state index in [0.29, 0.717) is 5.69 Å². The third-order valence-electron chi connectivity index (χ3n) is 2.30. The van der Waals surface area contributed by atoms with Crippen LogP contribution < -0.4 is 5.32 Å². The molecule has 0 radical (unpaired) electrons. The Bertz CT molecular complexity index is 679. The quantitative estimate of drug-likeness (QED) is 0.857. The smallest absolute Gasteiger partial charge is 0.339 e. The van der Waals surface area contributed by atoms with Crippen LogP contribution in [0.15, 0.2) is 30.3 Å². The van der Waals surface area contributed by atoms with Crippen molar-refractivity contribution in [3.63, 3.8) is 0 Å². The van der Waals surface area contributed by atoms with Crippen molar-refractivity contribution in [3.05, 3.63) is 46.9 Å². The van der Waals surface area contributed by atoms with Crippen LogP contribution in [-0.2, 0) is 6.18 Å². The number of para-hydroxylation sites is 1. The van der Waals surface area contributed by atoms with Gasteiger partial charge in [-0.1, -0.05) is 12.1 Å². The van der Waals surface area contributed by atoms with Crippen LogP contribution in [0.4, 0.5) is 24.7 Å². The fourth-order valence-corrected chi connectivity index (χ4v) is 1.64. The molecule has 1 N–H and O–H groups in total. The van der Waals surface area contributed by atoms with Crippen LogP contribution in [0.1, 0.15) is 11.3 Å². The lowest BCUT2D eigenvalue weighted by molar-refractivity contribution is -0.141. The Balaban J connectivity index is 2.40. The molecule has 0 unspecified atom stereocenters. The fourth-order valence-electron chi connectivity index (χ4n) is 1.45. The van der Waals surface area contributed by atoms with E-state index in [2.05, 4.69) is 15.3 Å². The molecular formula is C12H6ClF3N4. The largest absolute Gasteiger partial charge is 0.433 e. The summed E-state index contributed by atoms with van der Waals surface area (Å²) in [6, 6.07) is 8.98. The van der Waals surface area contributed by atoms with Gasteiger partial charge in [0.15, 0.2) is 5.69 Å². The summed E-state index contributed by atoms with van der Waals surface area (Å²) in [5.74, 6) is -0.139. The monoisotopic (exact) mass is 298 g/mol. The number of rotatable bonds is 2. The number of anilines is 2. The number of aromatic nitrogens is 2. The van der Waals surface area contributed by atoms with E-state index in [1.54, 1.807) is 18.2 Å². The van der Waals surface area contributed by atoms with Gasteiger partial charge in [-0.05, 0) is 23.7 Å². The van der Waals surface area contributed by atoms with Crippen LogP contribution in [0.5, 0.6) is 0 Å². The molecule has 0 fully saturated rings. The molecule has 0 aliphatic carbocycles. The highest BCUT2D eigenvalue weighted by atomic mass is 35.5. The lowest BCUT2D eigenvalue weighted by Crippen LogP contribution is -2.10. The molecule has 0 spiro atoms. The molecule has 0 saturated carbocycles. The van der Waals surface area contributed by atoms with Crippen molar-refractivity contribution < 1.29 is 13.2 Å². The summed E-state index contributed by atoms with van der Waals surface area (Å²) in [4.78, 5) is 6.77. The zero-order valence-corrected chi connectivity index (χ0v) is 10.5. The van der Waals surface area contributed by atoms with Gasteiger partial charge in [0.05, 0.1) is 11.3 Å². The molecule has 0 atom stereocenters. The normalized spacial score (nSPS) is 10.9. The van der Waals surface area contributed by atoms with Crippen molar-refractivity contribution in [1.29, 1.82) is 5.26 Å². The Labute approximate surface area is 116 Å². The summed E-state index contributed by atoms with van der Waals surface area (Å²) in [6.45, 7) is 0. The number of nitrogens with one attached hydrogen (secondary N) is 1. The van der Waals surface area contributed by atoms with Gasteiger partial charge in [-0.2, -0.15) is 18.4 Å². The first-order chi connectivity index (χ1) is 9.40. The predicted octanol–water partition coefficient (Wildman–Crippen LogP) is 3.76. The second-order valence-corrected chi connectivity index (χ2v) is 4.03. The van der Waals surface area contributed by atoms with Crippen molar-refractivity contribution in [1.82, 2.24) is 9.97 Å². The Hall–Kier alpha value is -2.33. The van der Waals surface area contributed by atoms with E-state index >= 15 is 0 Å². The number of hydrogen-bond acceptors (Lipinski definition) is 4. The molecule has 102 valence electrons. The molecule has 1 aromatic heterocycles. The average molecular weight is 299 g/mol. The summed E-state index contributed by atoms with van der Waals surface area (Å²) in [7, 11) is 0. The lowest BCUT2D eigenvalue weighted by Gasteiger charge is -2.10. The topological polar surface area (TPSA) is 61.6 Å². The summed E-state index contributed by atoms with van der Waals surface area (Å²) >= 11 is 5.47. The maximum absolute atomic E-state index is 12.6. The minimum atomic E-state index is -4.63. The first kappa shape index (κ1) is 14.1. The summed E-state index contributed by atoms with van der Waals surface area (Å²) in [6.07, 6.45) is -4.63. The maximum atomic E-state index is 12.6. The van der Waals surface area contributed by atoms with Gasteiger partial charge in [-0.3, -0.25) is 0 Å². The van der Waals surface area contributed by atoms with Gasteiger partial charge >= 0.3 is 6.18 Å². The Morgan fingerprint density at radius 1 is 1.20 bits per heavy atom. The van der Waals surface area contributed by atoms with E-state index < -0.39 is 17.2 Å². The first-order valence-corrected chi connectivity index (χ1v) is 5.66. The lowest BCUT2D eigenvalue weighted by atomic mass is 10.2. The molecule has 1 aromatic carbocycles. The van der Waals surface area contributed by atoms with Gasteiger partial charge in [-0.15, -0.1) is 0 Å². The van der Waals surface area contributed by atoms with E-state index in [9.17, 15) is 13.2 Å². The molecule has 0 aliphatic rings. The highest BCUT2D eigenvalue weighted by molar-refractivity contribution is 6.28. The summed E-state index contributed by atoms with van der Waals surface area (Å²) < 4.78 is 37.8. The molecule has 0 aliphatic heterocycles. The number of alkyl halides is 3. The average Bonchev–Trinajstić information content (AvgIpc) is 2.37. The van der Waals surface area contributed by atoms with Crippen LogP contribution in [0.2, 0.25) is 5.28 Å². The highest BCUT2D eigenvalue weighted by Gasteiger charge is 2.33. The van der Waals surface area contributed by atoms with Crippen molar-refractivity contribution >= 4 is 23.1 Å². The van der Waals surface area contributed by atoms with Gasteiger partial charge < -0.3 is 5.32 Å². The summed E-state index contributed by atoms with van der Waals surface area (Å²) in [5, 5.41) is 11.0. The zero-order valence-electron chi connectivity index (χ0n) is 9.74. The van der Waals surface area contributed by atoms with E-state index in [1.807, 2.05) is 6.07 Å². The molecule has 2 aromatic rings. The van der Waals surface area contributed by atoms with E-state index in [0.717, 1.165) is 6.07 Å². The van der Waals surface area contributed by atoms with Crippen molar-refractivity contribution in [2.45, 2.75) is 6.18 Å². The molecule has 4 nitrogen and oxygen atoms in total. The van der Waals surface area contributed by atoms with Crippen LogP contribution >= 0.6 is 11.6 Å². The van der Waals surface area contributed by atoms with E-state index in [4.69, 9.17) is 16.9 Å². The molecular weight excluding hydrogens is 293 g/mol. The van der Waals surface area contributed by atoms with Gasteiger partial charge in [0.1, 0.15) is 11.9 Å². The Morgan fingerprint density at radius 2 is 1.90 bits per heavy atom. The van der Waals surface area contributed by atoms with Crippen LogP contribution in [0, 0.1) is 11.3 Å². The molecule has 8 heteroatoms. The van der Waals surface area contributed by atoms with E-state index in [1.165, 1.54) is 6.07 Å². The second-order valence-electron chi connectivity index (χ2n) is 3.69. The minimum Gasteiger partial charge on any atom is -0.339 e. The third-order valence-corrected chi connectivity index (χ3v) is 2.47. The number of nitriles is 1. The van der Waals surface area contributed by atoms with Crippen molar-refractivity contribution in [2.24, 2.45) is 0 Å². The molecule has 20 heavy (non-hydrogen) atoms. The SMILES string of the molecule is N#Cc1ccccc1Nc1cc(C(F)(F)F)nc(Cl)n1. The number of hydrogen-bond donors (Lipinski definition) is 1. The molecule has 0 bridgehead atoms. The standard InChI is InChI=1S/C12H6ClF3N4/c13-11-19-9(12(14,15)16)5-10(20-11)18-8-4-2-1-3-7(8)6-17/h1-5H,(H,18,19,20). The predicted molar refractivity (Wildman–Crippen MR) is 66.5 cm³/mol. The molecule has 0 saturated heterocycles. The van der Waals surface area contributed by atoms with Crippen LogP contribution in [0.25, 0.3) is 0 Å². The van der Waals surface area contributed by atoms with Crippen LogP contribution in [-0.4, -0.2) is 9.97 Å². The second kappa shape index (κ2) is 5.35. The number of benzene rings is 1.